The van der Waals surface area contributed by atoms with Crippen molar-refractivity contribution in [3.05, 3.63) is 54.1 Å². The molecule has 0 spiro atoms. The molecule has 0 aliphatic carbocycles. The third-order valence-electron chi connectivity index (χ3n) is 4.86. The van der Waals surface area contributed by atoms with Gasteiger partial charge in [-0.1, -0.05) is 30.3 Å². The number of nitrogens with two attached hydrogens (primary N) is 1. The Morgan fingerprint density at radius 3 is 2.09 bits per heavy atom. The number of aromatic amines is 1. The first kappa shape index (κ1) is 26.8. The summed E-state index contributed by atoms with van der Waals surface area (Å²) in [6.07, 6.45) is 2.90. The van der Waals surface area contributed by atoms with Crippen LogP contribution >= 0.6 is 12.6 Å². The summed E-state index contributed by atoms with van der Waals surface area (Å²) in [6.45, 7) is -0.833. The Hall–Kier alpha value is -3.42. The summed E-state index contributed by atoms with van der Waals surface area (Å²) in [5.74, 6) is -3.47. The molecule has 1 heterocycles. The van der Waals surface area contributed by atoms with Gasteiger partial charge in [0, 0.05) is 30.5 Å². The lowest BCUT2D eigenvalue weighted by atomic mass is 10.0. The summed E-state index contributed by atoms with van der Waals surface area (Å²) in [6, 6.07) is 4.11. The van der Waals surface area contributed by atoms with E-state index in [0.29, 0.717) is 5.69 Å². The highest BCUT2D eigenvalue weighted by atomic mass is 32.1. The molecule has 184 valence electrons. The average molecular weight is 493 g/mol. The molecule has 34 heavy (non-hydrogen) atoms. The smallest absolute Gasteiger partial charge is 0.328 e. The minimum absolute atomic E-state index is 0.0441. The fourth-order valence-corrected chi connectivity index (χ4v) is 3.14. The number of thiol groups is 1. The summed E-state index contributed by atoms with van der Waals surface area (Å²) in [5, 5.41) is 25.7. The number of H-pyrrole nitrogens is 1. The maximum atomic E-state index is 13.2. The van der Waals surface area contributed by atoms with Gasteiger partial charge < -0.3 is 36.9 Å². The number of aliphatic hydroxyl groups excluding tert-OH is 1. The fraction of sp³-hybridized carbons (Fsp3) is 0.381. The monoisotopic (exact) mass is 492 g/mol. The minimum atomic E-state index is -1.55. The van der Waals surface area contributed by atoms with E-state index in [1.165, 1.54) is 12.5 Å². The number of carboxylic acid groups (broad SMARTS) is 1. The highest BCUT2D eigenvalue weighted by Crippen LogP contribution is 2.06. The summed E-state index contributed by atoms with van der Waals surface area (Å²) in [5.41, 5.74) is 6.97. The Bertz CT molecular complexity index is 958. The van der Waals surface area contributed by atoms with Gasteiger partial charge in [-0.15, -0.1) is 0 Å². The van der Waals surface area contributed by atoms with Crippen molar-refractivity contribution in [3.8, 4) is 0 Å². The molecule has 1 aromatic heterocycles. The van der Waals surface area contributed by atoms with E-state index in [4.69, 9.17) is 10.8 Å². The topological polar surface area (TPSA) is 200 Å². The maximum absolute atomic E-state index is 13.2. The van der Waals surface area contributed by atoms with Crippen molar-refractivity contribution in [1.82, 2.24) is 25.9 Å². The number of aromatic nitrogens is 2. The number of carbonyl (C=O) groups is 4. The molecule has 0 saturated heterocycles. The van der Waals surface area contributed by atoms with Crippen molar-refractivity contribution in [2.75, 3.05) is 12.4 Å². The number of rotatable bonds is 13. The average Bonchev–Trinajstić information content (AvgIpc) is 3.34. The first-order valence-corrected chi connectivity index (χ1v) is 11.0. The largest absolute Gasteiger partial charge is 0.480 e. The normalized spacial score (nSPS) is 14.3. The van der Waals surface area contributed by atoms with Crippen LogP contribution < -0.4 is 21.7 Å². The van der Waals surface area contributed by atoms with Crippen LogP contribution in [0.3, 0.4) is 0 Å². The second-order valence-electron chi connectivity index (χ2n) is 7.46. The number of aliphatic hydroxyl groups is 1. The van der Waals surface area contributed by atoms with E-state index in [0.717, 1.165) is 5.56 Å². The molecular formula is C21H28N6O6S. The SMILES string of the molecule is NC(CS)C(=O)NC(Cc1ccccc1)C(=O)NC(Cc1cnc[nH]1)C(=O)NC(CO)C(=O)O. The van der Waals surface area contributed by atoms with Crippen molar-refractivity contribution >= 4 is 36.3 Å². The lowest BCUT2D eigenvalue weighted by Gasteiger charge is -2.24. The highest BCUT2D eigenvalue weighted by molar-refractivity contribution is 7.80. The van der Waals surface area contributed by atoms with Gasteiger partial charge in [0.2, 0.25) is 17.7 Å². The van der Waals surface area contributed by atoms with Crippen LogP contribution in [0.5, 0.6) is 0 Å². The summed E-state index contributed by atoms with van der Waals surface area (Å²) in [7, 11) is 0. The van der Waals surface area contributed by atoms with E-state index < -0.39 is 54.5 Å². The zero-order valence-corrected chi connectivity index (χ0v) is 19.1. The number of hydrogen-bond donors (Lipinski definition) is 8. The van der Waals surface area contributed by atoms with Crippen LogP contribution in [0.25, 0.3) is 0 Å². The van der Waals surface area contributed by atoms with Gasteiger partial charge >= 0.3 is 5.97 Å². The first-order chi connectivity index (χ1) is 16.2. The standard InChI is InChI=1S/C21H28N6O6S/c22-14(10-34)18(29)25-15(6-12-4-2-1-3-5-12)19(30)26-16(7-13-8-23-11-24-13)20(31)27-17(9-28)21(32)33/h1-5,8,11,14-17,28,34H,6-7,9-10,22H2,(H,23,24)(H,25,29)(H,26,30)(H,27,31)(H,32,33). The van der Waals surface area contributed by atoms with Crippen LogP contribution in [0.2, 0.25) is 0 Å². The molecule has 2 rings (SSSR count). The van der Waals surface area contributed by atoms with E-state index in [1.54, 1.807) is 30.3 Å². The van der Waals surface area contributed by atoms with Gasteiger partial charge in [0.15, 0.2) is 0 Å². The van der Waals surface area contributed by atoms with Crippen molar-refractivity contribution < 1.29 is 29.4 Å². The Morgan fingerprint density at radius 1 is 0.971 bits per heavy atom. The predicted octanol–water partition coefficient (Wildman–Crippen LogP) is -2.02. The number of imidazole rings is 1. The molecule has 4 unspecified atom stereocenters. The Kier molecular flexibility index (Phi) is 10.5. The number of carbonyl (C=O) groups excluding carboxylic acids is 3. The van der Waals surface area contributed by atoms with Crippen molar-refractivity contribution in [2.24, 2.45) is 5.73 Å². The van der Waals surface area contributed by atoms with Crippen LogP contribution in [0.1, 0.15) is 11.3 Å². The zero-order valence-electron chi connectivity index (χ0n) is 18.2. The third-order valence-corrected chi connectivity index (χ3v) is 5.25. The number of hydrogen-bond acceptors (Lipinski definition) is 8. The van der Waals surface area contributed by atoms with Crippen LogP contribution in [0, 0.1) is 0 Å². The molecule has 0 saturated carbocycles. The van der Waals surface area contributed by atoms with E-state index in [-0.39, 0.29) is 18.6 Å². The van der Waals surface area contributed by atoms with E-state index in [1.807, 2.05) is 0 Å². The molecule has 0 aliphatic heterocycles. The number of nitrogens with zero attached hydrogens (tertiary/aromatic N) is 1. The molecule has 2 aromatic rings. The Labute approximate surface area is 201 Å². The lowest BCUT2D eigenvalue weighted by molar-refractivity contribution is -0.143. The van der Waals surface area contributed by atoms with Crippen molar-refractivity contribution in [3.63, 3.8) is 0 Å². The molecule has 3 amide bonds. The molecular weight excluding hydrogens is 464 g/mol. The summed E-state index contributed by atoms with van der Waals surface area (Å²) < 4.78 is 0. The van der Waals surface area contributed by atoms with Gasteiger partial charge in [-0.25, -0.2) is 9.78 Å². The van der Waals surface area contributed by atoms with Crippen LogP contribution in [-0.4, -0.2) is 80.4 Å². The molecule has 13 heteroatoms. The Morgan fingerprint density at radius 2 is 1.56 bits per heavy atom. The van der Waals surface area contributed by atoms with E-state index >= 15 is 0 Å². The maximum Gasteiger partial charge on any atom is 0.328 e. The summed E-state index contributed by atoms with van der Waals surface area (Å²) >= 11 is 4.00. The number of aliphatic carboxylic acids is 1. The molecule has 0 fully saturated rings. The number of amides is 3. The van der Waals surface area contributed by atoms with Gasteiger partial charge in [0.1, 0.15) is 18.1 Å². The van der Waals surface area contributed by atoms with Gasteiger partial charge in [0.05, 0.1) is 19.0 Å². The molecule has 12 nitrogen and oxygen atoms in total. The minimum Gasteiger partial charge on any atom is -0.480 e. The van der Waals surface area contributed by atoms with Crippen molar-refractivity contribution in [1.29, 1.82) is 0 Å². The molecule has 0 bridgehead atoms. The van der Waals surface area contributed by atoms with E-state index in [2.05, 4.69) is 38.5 Å². The van der Waals surface area contributed by atoms with Crippen molar-refractivity contribution in [2.45, 2.75) is 37.0 Å². The predicted molar refractivity (Wildman–Crippen MR) is 125 cm³/mol. The molecule has 0 aliphatic rings. The highest BCUT2D eigenvalue weighted by Gasteiger charge is 2.30. The third kappa shape index (κ3) is 8.17. The molecule has 4 atom stereocenters. The summed E-state index contributed by atoms with van der Waals surface area (Å²) in [4.78, 5) is 56.2. The van der Waals surface area contributed by atoms with Crippen LogP contribution in [-0.2, 0) is 32.0 Å². The van der Waals surface area contributed by atoms with Crippen LogP contribution in [0.4, 0.5) is 0 Å². The first-order valence-electron chi connectivity index (χ1n) is 10.4. The van der Waals surface area contributed by atoms with Gasteiger partial charge in [-0.3, -0.25) is 14.4 Å². The Balaban J connectivity index is 2.24. The van der Waals surface area contributed by atoms with Crippen LogP contribution in [0.15, 0.2) is 42.9 Å². The number of nitrogens with one attached hydrogen (secondary N) is 4. The lowest BCUT2D eigenvalue weighted by Crippen LogP contribution is -2.58. The van der Waals surface area contributed by atoms with Gasteiger partial charge in [0.25, 0.3) is 0 Å². The second-order valence-corrected chi connectivity index (χ2v) is 7.83. The van der Waals surface area contributed by atoms with E-state index in [9.17, 15) is 24.3 Å². The number of benzene rings is 1. The van der Waals surface area contributed by atoms with Gasteiger partial charge in [-0.05, 0) is 5.56 Å². The molecule has 0 radical (unpaired) electrons. The second kappa shape index (κ2) is 13.3. The molecule has 1 aromatic carbocycles. The number of carboxylic acids is 1. The van der Waals surface area contributed by atoms with Gasteiger partial charge in [-0.2, -0.15) is 12.6 Å². The molecule has 8 N–H and O–H groups in total. The quantitative estimate of drug-likeness (QED) is 0.146. The fourth-order valence-electron chi connectivity index (χ4n) is 2.98. The zero-order chi connectivity index (χ0) is 25.1.